The van der Waals surface area contributed by atoms with Gasteiger partial charge in [-0.2, -0.15) is 0 Å². The van der Waals surface area contributed by atoms with Crippen LogP contribution in [0.15, 0.2) is 73.2 Å². The van der Waals surface area contributed by atoms with Crippen LogP contribution in [0.2, 0.25) is 0 Å². The quantitative estimate of drug-likeness (QED) is 0.726. The van der Waals surface area contributed by atoms with Crippen molar-refractivity contribution in [2.45, 2.75) is 5.54 Å². The summed E-state index contributed by atoms with van der Waals surface area (Å²) in [5.41, 5.74) is 1.54. The van der Waals surface area contributed by atoms with Crippen LogP contribution in [0.1, 0.15) is 17.1 Å². The fourth-order valence-electron chi connectivity index (χ4n) is 2.66. The van der Waals surface area contributed by atoms with Crippen molar-refractivity contribution in [3.8, 4) is 0 Å². The molecule has 5 heteroatoms. The molecule has 0 aliphatic rings. The molecule has 3 aromatic rings. The van der Waals surface area contributed by atoms with E-state index >= 15 is 0 Å². The second-order valence-corrected chi connectivity index (χ2v) is 5.05. The molecule has 0 bridgehead atoms. The molecule has 2 N–H and O–H groups in total. The van der Waals surface area contributed by atoms with E-state index in [9.17, 15) is 5.11 Å². The van der Waals surface area contributed by atoms with E-state index < -0.39 is 5.54 Å². The predicted octanol–water partition coefficient (Wildman–Crippen LogP) is 1.75. The Labute approximate surface area is 135 Å². The summed E-state index contributed by atoms with van der Waals surface area (Å²) in [6, 6.07) is 17.2. The Morgan fingerprint density at radius 1 is 0.739 bits per heavy atom. The van der Waals surface area contributed by atoms with Crippen molar-refractivity contribution < 1.29 is 5.11 Å². The van der Waals surface area contributed by atoms with E-state index in [1.165, 1.54) is 0 Å². The number of rotatable bonds is 6. The Hall–Kier alpha value is -2.63. The normalized spacial score (nSPS) is 11.3. The lowest BCUT2D eigenvalue weighted by Gasteiger charge is -2.33. The van der Waals surface area contributed by atoms with E-state index in [2.05, 4.69) is 20.3 Å². The summed E-state index contributed by atoms with van der Waals surface area (Å²) in [5, 5.41) is 12.7. The summed E-state index contributed by atoms with van der Waals surface area (Å²) in [6.45, 7) is 0.401. The molecule has 0 aliphatic carbocycles. The highest BCUT2D eigenvalue weighted by atomic mass is 16.3. The van der Waals surface area contributed by atoms with Crippen LogP contribution in [0.25, 0.3) is 0 Å². The van der Waals surface area contributed by atoms with Crippen LogP contribution in [0.4, 0.5) is 0 Å². The van der Waals surface area contributed by atoms with Crippen molar-refractivity contribution in [2.24, 2.45) is 0 Å². The number of aromatic nitrogens is 3. The molecule has 3 heterocycles. The average molecular weight is 306 g/mol. The fourth-order valence-corrected chi connectivity index (χ4v) is 2.66. The number of pyridine rings is 3. The van der Waals surface area contributed by atoms with Crippen molar-refractivity contribution in [1.29, 1.82) is 0 Å². The van der Waals surface area contributed by atoms with Gasteiger partial charge in [-0.25, -0.2) is 0 Å². The summed E-state index contributed by atoms with van der Waals surface area (Å²) in [4.78, 5) is 13.6. The molecule has 0 atom stereocenters. The standard InChI is InChI=1S/C18H18N4O/c23-14-13-22-18(15-7-1-4-10-19-15,16-8-2-5-11-20-16)17-9-3-6-12-21-17/h1-12,22-23H,13-14H2. The van der Waals surface area contributed by atoms with E-state index in [0.717, 1.165) is 17.1 Å². The molecular formula is C18H18N4O. The van der Waals surface area contributed by atoms with E-state index in [-0.39, 0.29) is 6.61 Å². The number of nitrogens with one attached hydrogen (secondary N) is 1. The molecule has 0 unspecified atom stereocenters. The molecule has 116 valence electrons. The molecule has 23 heavy (non-hydrogen) atoms. The Morgan fingerprint density at radius 3 is 1.48 bits per heavy atom. The van der Waals surface area contributed by atoms with Crippen LogP contribution >= 0.6 is 0 Å². The zero-order valence-electron chi connectivity index (χ0n) is 12.6. The lowest BCUT2D eigenvalue weighted by atomic mass is 9.85. The molecule has 3 aromatic heterocycles. The number of nitrogens with zero attached hydrogens (tertiary/aromatic N) is 3. The first-order valence-corrected chi connectivity index (χ1v) is 7.48. The van der Waals surface area contributed by atoms with Gasteiger partial charge in [0.1, 0.15) is 5.54 Å². The first kappa shape index (κ1) is 15.3. The summed E-state index contributed by atoms with van der Waals surface area (Å²) in [5.74, 6) is 0. The molecule has 0 saturated carbocycles. The van der Waals surface area contributed by atoms with E-state index in [4.69, 9.17) is 0 Å². The van der Waals surface area contributed by atoms with Crippen molar-refractivity contribution in [3.63, 3.8) is 0 Å². The van der Waals surface area contributed by atoms with Gasteiger partial charge < -0.3 is 5.11 Å². The summed E-state index contributed by atoms with van der Waals surface area (Å²) >= 11 is 0. The first-order valence-electron chi connectivity index (χ1n) is 7.48. The van der Waals surface area contributed by atoms with Crippen molar-refractivity contribution >= 4 is 0 Å². The van der Waals surface area contributed by atoms with Gasteiger partial charge in [-0.15, -0.1) is 0 Å². The second kappa shape index (κ2) is 7.09. The molecule has 0 radical (unpaired) electrons. The molecule has 3 rings (SSSR count). The molecule has 0 saturated heterocycles. The highest BCUT2D eigenvalue weighted by Gasteiger charge is 2.39. The van der Waals surface area contributed by atoms with Gasteiger partial charge in [-0.05, 0) is 36.4 Å². The maximum Gasteiger partial charge on any atom is 0.146 e. The van der Waals surface area contributed by atoms with E-state index in [0.29, 0.717) is 6.54 Å². The SMILES string of the molecule is OCCNC(c1ccccn1)(c1ccccn1)c1ccccn1. The van der Waals surface area contributed by atoms with Gasteiger partial charge >= 0.3 is 0 Å². The third-order valence-electron chi connectivity index (χ3n) is 3.65. The third-order valence-corrected chi connectivity index (χ3v) is 3.65. The number of aliphatic hydroxyl groups excluding tert-OH is 1. The smallest absolute Gasteiger partial charge is 0.146 e. The zero-order chi connectivity index (χ0) is 16.0. The van der Waals surface area contributed by atoms with E-state index in [1.807, 2.05) is 54.6 Å². The molecule has 0 aromatic carbocycles. The maximum absolute atomic E-state index is 9.35. The number of hydrogen-bond donors (Lipinski definition) is 2. The van der Waals surface area contributed by atoms with Gasteiger partial charge in [0.2, 0.25) is 0 Å². The molecule has 0 amide bonds. The van der Waals surface area contributed by atoms with Gasteiger partial charge in [0, 0.05) is 25.1 Å². The highest BCUT2D eigenvalue weighted by Crippen LogP contribution is 2.32. The average Bonchev–Trinajstić information content (AvgIpc) is 2.65. The van der Waals surface area contributed by atoms with Crippen molar-refractivity contribution in [3.05, 3.63) is 90.3 Å². The van der Waals surface area contributed by atoms with Crippen LogP contribution in [0, 0.1) is 0 Å². The Kier molecular flexibility index (Phi) is 4.71. The van der Waals surface area contributed by atoms with Gasteiger partial charge in [0.25, 0.3) is 0 Å². The van der Waals surface area contributed by atoms with Gasteiger partial charge in [0.05, 0.1) is 23.7 Å². The predicted molar refractivity (Wildman–Crippen MR) is 87.7 cm³/mol. The van der Waals surface area contributed by atoms with E-state index in [1.54, 1.807) is 18.6 Å². The van der Waals surface area contributed by atoms with Crippen LogP contribution in [-0.4, -0.2) is 33.2 Å². The fraction of sp³-hybridized carbons (Fsp3) is 0.167. The van der Waals surface area contributed by atoms with Gasteiger partial charge in [-0.3, -0.25) is 20.3 Å². The molecular weight excluding hydrogens is 288 g/mol. The van der Waals surface area contributed by atoms with Crippen molar-refractivity contribution in [2.75, 3.05) is 13.2 Å². The number of hydrogen-bond acceptors (Lipinski definition) is 5. The largest absolute Gasteiger partial charge is 0.395 e. The molecule has 0 aliphatic heterocycles. The summed E-state index contributed by atoms with van der Waals surface area (Å²) < 4.78 is 0. The maximum atomic E-state index is 9.35. The van der Waals surface area contributed by atoms with Crippen LogP contribution in [-0.2, 0) is 5.54 Å². The molecule has 0 spiro atoms. The Balaban J connectivity index is 2.25. The first-order chi connectivity index (χ1) is 11.4. The second-order valence-electron chi connectivity index (χ2n) is 5.05. The minimum atomic E-state index is -0.813. The monoisotopic (exact) mass is 306 g/mol. The molecule has 5 nitrogen and oxygen atoms in total. The Bertz CT molecular complexity index is 623. The minimum Gasteiger partial charge on any atom is -0.395 e. The third kappa shape index (κ3) is 2.97. The van der Waals surface area contributed by atoms with Crippen LogP contribution in [0.5, 0.6) is 0 Å². The lowest BCUT2D eigenvalue weighted by molar-refractivity contribution is 0.274. The van der Waals surface area contributed by atoms with Crippen LogP contribution in [0.3, 0.4) is 0 Å². The zero-order valence-corrected chi connectivity index (χ0v) is 12.6. The summed E-state index contributed by atoms with van der Waals surface area (Å²) in [7, 11) is 0. The topological polar surface area (TPSA) is 70.9 Å². The highest BCUT2D eigenvalue weighted by molar-refractivity contribution is 5.41. The molecule has 0 fully saturated rings. The Morgan fingerprint density at radius 2 is 1.17 bits per heavy atom. The van der Waals surface area contributed by atoms with Crippen molar-refractivity contribution in [1.82, 2.24) is 20.3 Å². The summed E-state index contributed by atoms with van der Waals surface area (Å²) in [6.07, 6.45) is 5.24. The van der Waals surface area contributed by atoms with Crippen LogP contribution < -0.4 is 5.32 Å². The van der Waals surface area contributed by atoms with Gasteiger partial charge in [-0.1, -0.05) is 18.2 Å². The number of aliphatic hydroxyl groups is 1. The van der Waals surface area contributed by atoms with Gasteiger partial charge in [0.15, 0.2) is 0 Å². The lowest BCUT2D eigenvalue weighted by Crippen LogP contribution is -2.47. The minimum absolute atomic E-state index is 0.00819.